The minimum Gasteiger partial charge on any atom is -0.337 e. The summed E-state index contributed by atoms with van der Waals surface area (Å²) in [6.45, 7) is 6.64. The number of likely N-dealkylation sites (tertiary alicyclic amines) is 1. The van der Waals surface area contributed by atoms with Crippen molar-refractivity contribution in [2.75, 3.05) is 19.6 Å². The molecule has 104 valence electrons. The van der Waals surface area contributed by atoms with Crippen LogP contribution in [0.15, 0.2) is 24.3 Å². The number of hydrogen-bond acceptors (Lipinski definition) is 1. The summed E-state index contributed by atoms with van der Waals surface area (Å²) in [7, 11) is 0. The summed E-state index contributed by atoms with van der Waals surface area (Å²) in [6.07, 6.45) is 2.24. The Morgan fingerprint density at radius 3 is 2.42 bits per heavy atom. The number of nitrogens with zero attached hydrogens (tertiary/aromatic N) is 1. The zero-order valence-corrected chi connectivity index (χ0v) is 12.3. The molecule has 19 heavy (non-hydrogen) atoms. The fourth-order valence-electron chi connectivity index (χ4n) is 2.33. The van der Waals surface area contributed by atoms with Crippen molar-refractivity contribution in [3.63, 3.8) is 0 Å². The quantitative estimate of drug-likeness (QED) is 0.904. The Hall–Kier alpha value is -1.22. The van der Waals surface area contributed by atoms with Crippen molar-refractivity contribution in [3.05, 3.63) is 34.9 Å². The first-order valence-electron chi connectivity index (χ1n) is 6.78. The van der Waals surface area contributed by atoms with Gasteiger partial charge in [0.05, 0.1) is 0 Å². The molecule has 1 aromatic rings. The van der Waals surface area contributed by atoms with E-state index in [-0.39, 0.29) is 11.4 Å². The Bertz CT molecular complexity index is 436. The Labute approximate surface area is 119 Å². The normalized spacial score (nSPS) is 15.6. The van der Waals surface area contributed by atoms with Gasteiger partial charge in [-0.15, -0.1) is 0 Å². The number of benzene rings is 1. The molecule has 0 spiro atoms. The highest BCUT2D eigenvalue weighted by Crippen LogP contribution is 2.24. The fraction of sp³-hybridized carbons (Fsp3) is 0.533. The van der Waals surface area contributed by atoms with E-state index in [0.29, 0.717) is 6.54 Å². The van der Waals surface area contributed by atoms with Gasteiger partial charge in [-0.25, -0.2) is 4.79 Å². The van der Waals surface area contributed by atoms with Crippen LogP contribution >= 0.6 is 11.6 Å². The van der Waals surface area contributed by atoms with Crippen LogP contribution in [0.5, 0.6) is 0 Å². The molecule has 4 heteroatoms. The van der Waals surface area contributed by atoms with E-state index in [9.17, 15) is 4.79 Å². The lowest BCUT2D eigenvalue weighted by Gasteiger charge is -2.27. The lowest BCUT2D eigenvalue weighted by atomic mass is 9.85. The Kier molecular flexibility index (Phi) is 4.35. The molecule has 1 fully saturated rings. The van der Waals surface area contributed by atoms with E-state index < -0.39 is 0 Å². The number of halogens is 1. The predicted molar refractivity (Wildman–Crippen MR) is 78.7 cm³/mol. The average molecular weight is 281 g/mol. The van der Waals surface area contributed by atoms with Gasteiger partial charge in [-0.2, -0.15) is 0 Å². The second kappa shape index (κ2) is 5.83. The lowest BCUT2D eigenvalue weighted by molar-refractivity contribution is 0.206. The largest absolute Gasteiger partial charge is 0.337 e. The highest BCUT2D eigenvalue weighted by Gasteiger charge is 2.24. The van der Waals surface area contributed by atoms with Gasteiger partial charge >= 0.3 is 6.03 Å². The lowest BCUT2D eigenvalue weighted by Crippen LogP contribution is -2.43. The standard InChI is InChI=1S/C15H21ClN2O/c1-15(2,12-5-7-13(16)8-6-12)11-17-14(19)18-9-3-4-10-18/h5-8H,3-4,9-11H2,1-2H3,(H,17,19). The molecule has 0 saturated carbocycles. The predicted octanol–water partition coefficient (Wildman–Crippen LogP) is 3.42. The molecule has 0 radical (unpaired) electrons. The minimum absolute atomic E-state index is 0.0551. The molecule has 1 aromatic carbocycles. The average Bonchev–Trinajstić information content (AvgIpc) is 2.90. The van der Waals surface area contributed by atoms with Gasteiger partial charge < -0.3 is 10.2 Å². The van der Waals surface area contributed by atoms with Crippen molar-refractivity contribution in [1.82, 2.24) is 10.2 Å². The molecule has 0 aliphatic carbocycles. The van der Waals surface area contributed by atoms with Crippen molar-refractivity contribution < 1.29 is 4.79 Å². The number of carbonyl (C=O) groups is 1. The zero-order chi connectivity index (χ0) is 13.9. The van der Waals surface area contributed by atoms with Crippen molar-refractivity contribution in [1.29, 1.82) is 0 Å². The molecule has 0 atom stereocenters. The van der Waals surface area contributed by atoms with E-state index >= 15 is 0 Å². The summed E-state index contributed by atoms with van der Waals surface area (Å²) in [5.74, 6) is 0. The van der Waals surface area contributed by atoms with Crippen LogP contribution in [0.3, 0.4) is 0 Å². The molecule has 0 aromatic heterocycles. The van der Waals surface area contributed by atoms with Crippen LogP contribution in [0.2, 0.25) is 5.02 Å². The van der Waals surface area contributed by atoms with E-state index in [1.807, 2.05) is 29.2 Å². The summed E-state index contributed by atoms with van der Waals surface area (Å²) in [4.78, 5) is 13.9. The second-order valence-electron chi connectivity index (χ2n) is 5.74. The maximum atomic E-state index is 12.0. The molecule has 1 aliphatic rings. The highest BCUT2D eigenvalue weighted by molar-refractivity contribution is 6.30. The molecule has 2 amide bonds. The molecule has 1 N–H and O–H groups in total. The van der Waals surface area contributed by atoms with E-state index in [2.05, 4.69) is 19.2 Å². The number of amides is 2. The van der Waals surface area contributed by atoms with E-state index in [4.69, 9.17) is 11.6 Å². The first kappa shape index (κ1) is 14.2. The fourth-order valence-corrected chi connectivity index (χ4v) is 2.46. The third-order valence-corrected chi connectivity index (χ3v) is 3.95. The molecule has 1 saturated heterocycles. The van der Waals surface area contributed by atoms with Crippen LogP contribution in [0.1, 0.15) is 32.3 Å². The van der Waals surface area contributed by atoms with Crippen LogP contribution in [-0.2, 0) is 5.41 Å². The van der Waals surface area contributed by atoms with Gasteiger partial charge in [-0.05, 0) is 30.5 Å². The minimum atomic E-state index is -0.0972. The number of urea groups is 1. The van der Waals surface area contributed by atoms with E-state index in [1.54, 1.807) is 0 Å². The van der Waals surface area contributed by atoms with Crippen LogP contribution in [0.4, 0.5) is 4.79 Å². The first-order chi connectivity index (χ1) is 8.99. The Morgan fingerprint density at radius 2 is 1.84 bits per heavy atom. The molecule has 1 heterocycles. The number of hydrogen-bond donors (Lipinski definition) is 1. The van der Waals surface area contributed by atoms with Gasteiger partial charge in [0.15, 0.2) is 0 Å². The van der Waals surface area contributed by atoms with Gasteiger partial charge in [0.1, 0.15) is 0 Å². The molecule has 0 bridgehead atoms. The summed E-state index contributed by atoms with van der Waals surface area (Å²) in [5, 5.41) is 3.77. The van der Waals surface area contributed by atoms with Gasteiger partial charge in [0.2, 0.25) is 0 Å². The molecular weight excluding hydrogens is 260 g/mol. The van der Waals surface area contributed by atoms with E-state index in [0.717, 1.165) is 31.0 Å². The summed E-state index contributed by atoms with van der Waals surface area (Å²) in [6, 6.07) is 7.87. The molecular formula is C15H21ClN2O. The molecule has 3 nitrogen and oxygen atoms in total. The van der Waals surface area contributed by atoms with Gasteiger partial charge in [-0.3, -0.25) is 0 Å². The van der Waals surface area contributed by atoms with Crippen LogP contribution < -0.4 is 5.32 Å². The third kappa shape index (κ3) is 3.63. The zero-order valence-electron chi connectivity index (χ0n) is 11.6. The number of nitrogens with one attached hydrogen (secondary N) is 1. The van der Waals surface area contributed by atoms with Crippen molar-refractivity contribution in [2.24, 2.45) is 0 Å². The maximum Gasteiger partial charge on any atom is 0.317 e. The van der Waals surface area contributed by atoms with Gasteiger partial charge in [0, 0.05) is 30.1 Å². The Balaban J connectivity index is 1.93. The van der Waals surface area contributed by atoms with Gasteiger partial charge in [-0.1, -0.05) is 37.6 Å². The molecule has 2 rings (SSSR count). The molecule has 1 aliphatic heterocycles. The number of rotatable bonds is 3. The maximum absolute atomic E-state index is 12.0. The first-order valence-corrected chi connectivity index (χ1v) is 7.16. The Morgan fingerprint density at radius 1 is 1.26 bits per heavy atom. The second-order valence-corrected chi connectivity index (χ2v) is 6.18. The van der Waals surface area contributed by atoms with Crippen LogP contribution in [-0.4, -0.2) is 30.6 Å². The topological polar surface area (TPSA) is 32.3 Å². The van der Waals surface area contributed by atoms with Crippen molar-refractivity contribution >= 4 is 17.6 Å². The SMILES string of the molecule is CC(C)(CNC(=O)N1CCCC1)c1ccc(Cl)cc1. The molecule has 0 unspecified atom stereocenters. The summed E-state index contributed by atoms with van der Waals surface area (Å²) >= 11 is 5.90. The third-order valence-electron chi connectivity index (χ3n) is 3.70. The number of carbonyl (C=O) groups excluding carboxylic acids is 1. The smallest absolute Gasteiger partial charge is 0.317 e. The van der Waals surface area contributed by atoms with Crippen LogP contribution in [0.25, 0.3) is 0 Å². The van der Waals surface area contributed by atoms with Crippen molar-refractivity contribution in [3.8, 4) is 0 Å². The van der Waals surface area contributed by atoms with Crippen molar-refractivity contribution in [2.45, 2.75) is 32.1 Å². The van der Waals surface area contributed by atoms with Gasteiger partial charge in [0.25, 0.3) is 0 Å². The highest BCUT2D eigenvalue weighted by atomic mass is 35.5. The monoisotopic (exact) mass is 280 g/mol. The van der Waals surface area contributed by atoms with E-state index in [1.165, 1.54) is 5.56 Å². The summed E-state index contributed by atoms with van der Waals surface area (Å²) < 4.78 is 0. The summed E-state index contributed by atoms with van der Waals surface area (Å²) in [5.41, 5.74) is 1.08. The van der Waals surface area contributed by atoms with Crippen LogP contribution in [0, 0.1) is 0 Å².